The van der Waals surface area contributed by atoms with Crippen molar-refractivity contribution in [1.29, 1.82) is 0 Å². The molecule has 2 heterocycles. The van der Waals surface area contributed by atoms with E-state index < -0.39 is 5.91 Å². The van der Waals surface area contributed by atoms with Gasteiger partial charge in [-0.3, -0.25) is 14.5 Å². The summed E-state index contributed by atoms with van der Waals surface area (Å²) >= 11 is 0. The molecule has 2 amide bonds. The molecule has 2 N–H and O–H groups in total. The third-order valence-electron chi connectivity index (χ3n) is 6.88. The maximum atomic E-state index is 13.1. The summed E-state index contributed by atoms with van der Waals surface area (Å²) in [4.78, 5) is 36.7. The molecule has 2 fully saturated rings. The van der Waals surface area contributed by atoms with E-state index in [2.05, 4.69) is 25.5 Å². The zero-order valence-corrected chi connectivity index (χ0v) is 19.0. The van der Waals surface area contributed by atoms with E-state index in [4.69, 9.17) is 0 Å². The molecule has 1 aromatic carbocycles. The Morgan fingerprint density at radius 2 is 1.42 bits per heavy atom. The zero-order chi connectivity index (χ0) is 23.1. The molecule has 1 aliphatic carbocycles. The fourth-order valence-corrected chi connectivity index (χ4v) is 5.05. The van der Waals surface area contributed by atoms with Crippen molar-refractivity contribution in [3.05, 3.63) is 59.4 Å². The minimum absolute atomic E-state index is 0.00669. The van der Waals surface area contributed by atoms with Gasteiger partial charge in [0, 0.05) is 31.0 Å². The smallest absolute Gasteiger partial charge is 0.272 e. The van der Waals surface area contributed by atoms with E-state index in [1.54, 1.807) is 12.1 Å². The Morgan fingerprint density at radius 1 is 0.848 bits per heavy atom. The number of hydrogen-bond donors (Lipinski definition) is 2. The van der Waals surface area contributed by atoms with E-state index in [1.807, 2.05) is 0 Å². The van der Waals surface area contributed by atoms with Gasteiger partial charge in [-0.1, -0.05) is 37.8 Å². The van der Waals surface area contributed by atoms with Crippen molar-refractivity contribution < 1.29 is 14.0 Å². The van der Waals surface area contributed by atoms with Gasteiger partial charge in [-0.25, -0.2) is 14.4 Å². The highest BCUT2D eigenvalue weighted by Crippen LogP contribution is 2.35. The molecule has 7 nitrogen and oxygen atoms in total. The number of likely N-dealkylation sites (tertiary alicyclic amines) is 1. The van der Waals surface area contributed by atoms with E-state index in [-0.39, 0.29) is 35.2 Å². The van der Waals surface area contributed by atoms with E-state index in [0.29, 0.717) is 6.54 Å². The van der Waals surface area contributed by atoms with Gasteiger partial charge < -0.3 is 10.6 Å². The maximum absolute atomic E-state index is 13.1. The number of aromatic nitrogens is 2. The molecule has 0 unspecified atom stereocenters. The zero-order valence-electron chi connectivity index (χ0n) is 19.0. The fourth-order valence-electron chi connectivity index (χ4n) is 5.05. The van der Waals surface area contributed by atoms with Gasteiger partial charge in [0.25, 0.3) is 11.8 Å². The normalized spacial score (nSPS) is 18.5. The van der Waals surface area contributed by atoms with E-state index >= 15 is 0 Å². The summed E-state index contributed by atoms with van der Waals surface area (Å²) < 4.78 is 13.1. The molecule has 2 aromatic rings. The quantitative estimate of drug-likeness (QED) is 0.670. The number of carbonyl (C=O) groups is 2. The van der Waals surface area contributed by atoms with Crippen LogP contribution in [-0.4, -0.2) is 51.9 Å². The van der Waals surface area contributed by atoms with Crippen LogP contribution in [-0.2, 0) is 6.54 Å². The van der Waals surface area contributed by atoms with Gasteiger partial charge in [-0.2, -0.15) is 0 Å². The minimum Gasteiger partial charge on any atom is -0.349 e. The summed E-state index contributed by atoms with van der Waals surface area (Å²) in [6.45, 7) is 2.92. The Kier molecular flexibility index (Phi) is 7.65. The highest BCUT2D eigenvalue weighted by Gasteiger charge is 2.39. The first-order valence-corrected chi connectivity index (χ1v) is 11.9. The lowest BCUT2D eigenvalue weighted by atomic mass is 9.79. The van der Waals surface area contributed by atoms with E-state index in [0.717, 1.165) is 31.5 Å². The van der Waals surface area contributed by atoms with Crippen LogP contribution in [0.2, 0.25) is 0 Å². The second-order valence-corrected chi connectivity index (χ2v) is 9.08. The number of hydrogen-bond acceptors (Lipinski definition) is 5. The van der Waals surface area contributed by atoms with Crippen LogP contribution in [0, 0.1) is 5.82 Å². The molecular formula is C25H32FN5O2. The summed E-state index contributed by atoms with van der Waals surface area (Å²) in [5.74, 6) is -1.20. The topological polar surface area (TPSA) is 87.2 Å². The third kappa shape index (κ3) is 5.74. The van der Waals surface area contributed by atoms with E-state index in [1.165, 1.54) is 63.1 Å². The van der Waals surface area contributed by atoms with Crippen molar-refractivity contribution >= 4 is 11.8 Å². The Balaban J connectivity index is 1.42. The molecule has 33 heavy (non-hydrogen) atoms. The predicted molar refractivity (Wildman–Crippen MR) is 123 cm³/mol. The number of benzene rings is 1. The molecule has 2 aliphatic rings. The molecule has 1 aliphatic heterocycles. The number of rotatable bonds is 7. The fraction of sp³-hybridized carbons (Fsp3) is 0.520. The second-order valence-electron chi connectivity index (χ2n) is 9.08. The number of halogens is 1. The van der Waals surface area contributed by atoms with E-state index in [9.17, 15) is 14.0 Å². The highest BCUT2D eigenvalue weighted by atomic mass is 19.1. The predicted octanol–water partition coefficient (Wildman–Crippen LogP) is 3.46. The molecule has 0 radical (unpaired) electrons. The van der Waals surface area contributed by atoms with Crippen LogP contribution in [0.1, 0.15) is 77.9 Å². The first kappa shape index (κ1) is 23.3. The Labute approximate surface area is 194 Å². The first-order valence-electron chi connectivity index (χ1n) is 11.9. The van der Waals surface area contributed by atoms with Gasteiger partial charge in [-0.15, -0.1) is 0 Å². The summed E-state index contributed by atoms with van der Waals surface area (Å²) in [6.07, 6.45) is 12.3. The van der Waals surface area contributed by atoms with Crippen LogP contribution < -0.4 is 10.6 Å². The Bertz CT molecular complexity index is 954. The van der Waals surface area contributed by atoms with Crippen LogP contribution in [0.5, 0.6) is 0 Å². The monoisotopic (exact) mass is 453 g/mol. The van der Waals surface area contributed by atoms with Crippen molar-refractivity contribution in [2.75, 3.05) is 19.6 Å². The Morgan fingerprint density at radius 3 is 2.06 bits per heavy atom. The van der Waals surface area contributed by atoms with Crippen LogP contribution >= 0.6 is 0 Å². The molecule has 0 spiro atoms. The van der Waals surface area contributed by atoms with Crippen molar-refractivity contribution in [1.82, 2.24) is 25.5 Å². The molecule has 1 saturated carbocycles. The standard InChI is InChI=1S/C25H32FN5O2/c26-20-9-7-19(8-10-20)17-29-23(32)21-22(28-14-13-27-21)24(33)30-18-25(11-3-1-4-12-25)31-15-5-2-6-16-31/h7-10,13-14H,1-6,11-12,15-18H2,(H,29,32)(H,30,33). The van der Waals surface area contributed by atoms with Crippen molar-refractivity contribution in [3.63, 3.8) is 0 Å². The number of carbonyl (C=O) groups excluding carboxylic acids is 2. The molecule has 0 atom stereocenters. The number of nitrogens with zero attached hydrogens (tertiary/aromatic N) is 3. The van der Waals surface area contributed by atoms with Crippen LogP contribution in [0.25, 0.3) is 0 Å². The van der Waals surface area contributed by atoms with Gasteiger partial charge in [0.2, 0.25) is 0 Å². The maximum Gasteiger partial charge on any atom is 0.272 e. The Hall–Kier alpha value is -2.87. The summed E-state index contributed by atoms with van der Waals surface area (Å²) in [7, 11) is 0. The lowest BCUT2D eigenvalue weighted by Gasteiger charge is -2.48. The second kappa shape index (κ2) is 10.8. The molecule has 1 saturated heterocycles. The average Bonchev–Trinajstić information content (AvgIpc) is 2.88. The van der Waals surface area contributed by atoms with Crippen molar-refractivity contribution in [2.45, 2.75) is 63.5 Å². The summed E-state index contributed by atoms with van der Waals surface area (Å²) in [5, 5.41) is 5.82. The SMILES string of the molecule is O=C(NCc1ccc(F)cc1)c1nccnc1C(=O)NCC1(N2CCCCC2)CCCCC1. The minimum atomic E-state index is -0.485. The molecule has 4 rings (SSSR count). The largest absolute Gasteiger partial charge is 0.349 e. The van der Waals surface area contributed by atoms with Gasteiger partial charge in [-0.05, 0) is 56.5 Å². The first-order chi connectivity index (χ1) is 16.1. The highest BCUT2D eigenvalue weighted by molar-refractivity contribution is 6.04. The molecule has 0 bridgehead atoms. The molecular weight excluding hydrogens is 421 g/mol. The molecule has 1 aromatic heterocycles. The van der Waals surface area contributed by atoms with Crippen molar-refractivity contribution in [2.24, 2.45) is 0 Å². The number of nitrogens with one attached hydrogen (secondary N) is 2. The van der Waals surface area contributed by atoms with Gasteiger partial charge in [0.05, 0.1) is 0 Å². The average molecular weight is 454 g/mol. The summed E-state index contributed by atoms with van der Waals surface area (Å²) in [6, 6.07) is 5.88. The lowest BCUT2D eigenvalue weighted by Crippen LogP contribution is -2.58. The van der Waals surface area contributed by atoms with Crippen LogP contribution in [0.4, 0.5) is 4.39 Å². The number of piperidine rings is 1. The van der Waals surface area contributed by atoms with Crippen LogP contribution in [0.15, 0.2) is 36.7 Å². The molecule has 176 valence electrons. The third-order valence-corrected chi connectivity index (χ3v) is 6.88. The number of amides is 2. The van der Waals surface area contributed by atoms with Crippen molar-refractivity contribution in [3.8, 4) is 0 Å². The van der Waals surface area contributed by atoms with Gasteiger partial charge in [0.15, 0.2) is 11.4 Å². The molecule has 8 heteroatoms. The summed E-state index contributed by atoms with van der Waals surface area (Å²) in [5.41, 5.74) is 0.758. The van der Waals surface area contributed by atoms with Gasteiger partial charge in [0.1, 0.15) is 5.82 Å². The van der Waals surface area contributed by atoms with Crippen LogP contribution in [0.3, 0.4) is 0 Å². The van der Waals surface area contributed by atoms with Gasteiger partial charge >= 0.3 is 0 Å². The lowest BCUT2D eigenvalue weighted by molar-refractivity contribution is 0.0326.